The molecular weight excluding hydrogens is 762 g/mol. The molecule has 8 heteroatoms. The Kier molecular flexibility index (Phi) is 13.4. The number of unbranched alkanes of at least 4 members (excludes halogenated alkanes) is 2. The number of fused-ring (bicyclic) bond motifs is 1. The fourth-order valence-corrected chi connectivity index (χ4v) is 9.21. The third-order valence-corrected chi connectivity index (χ3v) is 13.2. The summed E-state index contributed by atoms with van der Waals surface area (Å²) in [6.45, 7) is 9.67. The SMILES string of the molecule is CC1(C)OB(C2=C(OCc3ccccc3)C(OCc3ccccc3)=C(COCc3ccccc3)OC2CCCCC[Se]c2cccc3ccccc23)OC1(C)C. The van der Waals surface area contributed by atoms with Gasteiger partial charge in [-0.3, -0.25) is 0 Å². The van der Waals surface area contributed by atoms with Crippen molar-refractivity contribution in [3.05, 3.63) is 173 Å². The van der Waals surface area contributed by atoms with Crippen LogP contribution in [0.3, 0.4) is 0 Å². The molecule has 5 aromatic carbocycles. The Morgan fingerprint density at radius 3 is 1.77 bits per heavy atom. The van der Waals surface area contributed by atoms with Gasteiger partial charge < -0.3 is 0 Å². The summed E-state index contributed by atoms with van der Waals surface area (Å²) in [6, 6.07) is 46.0. The molecular formula is C48H53BO6Se. The Bertz CT molecular complexity index is 2060. The van der Waals surface area contributed by atoms with E-state index in [4.69, 9.17) is 28.3 Å². The molecule has 0 amide bonds. The van der Waals surface area contributed by atoms with E-state index in [2.05, 4.69) is 107 Å². The first-order valence-electron chi connectivity index (χ1n) is 19.8. The Hall–Kier alpha value is -4.30. The van der Waals surface area contributed by atoms with Gasteiger partial charge in [-0.1, -0.05) is 78.9 Å². The summed E-state index contributed by atoms with van der Waals surface area (Å²) >= 11 is 0.408. The van der Waals surface area contributed by atoms with Crippen LogP contribution in [-0.4, -0.2) is 46.0 Å². The summed E-state index contributed by atoms with van der Waals surface area (Å²) in [5.41, 5.74) is 2.89. The van der Waals surface area contributed by atoms with Gasteiger partial charge in [0.2, 0.25) is 0 Å². The van der Waals surface area contributed by atoms with Crippen LogP contribution in [0.5, 0.6) is 0 Å². The summed E-state index contributed by atoms with van der Waals surface area (Å²) in [6.07, 6.45) is 3.62. The first-order valence-corrected chi connectivity index (χ1v) is 21.9. The zero-order valence-electron chi connectivity index (χ0n) is 33.1. The van der Waals surface area contributed by atoms with Gasteiger partial charge in [0.05, 0.1) is 0 Å². The number of ether oxygens (including phenoxy) is 4. The summed E-state index contributed by atoms with van der Waals surface area (Å²) in [4.78, 5) is 0. The molecule has 1 fully saturated rings. The third kappa shape index (κ3) is 9.98. The maximum atomic E-state index is 7.03. The normalized spacial score (nSPS) is 17.6. The summed E-state index contributed by atoms with van der Waals surface area (Å²) < 4.78 is 42.1. The Morgan fingerprint density at radius 2 is 1.12 bits per heavy atom. The summed E-state index contributed by atoms with van der Waals surface area (Å²) in [5, 5.41) is 3.88. The second kappa shape index (κ2) is 18.8. The van der Waals surface area contributed by atoms with Crippen molar-refractivity contribution < 1.29 is 28.3 Å². The van der Waals surface area contributed by atoms with Gasteiger partial charge in [0, 0.05) is 0 Å². The second-order valence-electron chi connectivity index (χ2n) is 15.4. The average molecular weight is 816 g/mol. The van der Waals surface area contributed by atoms with Crippen LogP contribution in [0.15, 0.2) is 156 Å². The van der Waals surface area contributed by atoms with Crippen molar-refractivity contribution in [1.29, 1.82) is 0 Å². The molecule has 0 radical (unpaired) electrons. The minimum absolute atomic E-state index is 0.220. The molecule has 2 heterocycles. The third-order valence-electron chi connectivity index (χ3n) is 10.8. The fraction of sp³-hybridized carbons (Fsp3) is 0.333. The molecule has 6 nitrogen and oxygen atoms in total. The number of rotatable bonds is 18. The Labute approximate surface area is 339 Å². The predicted octanol–water partition coefficient (Wildman–Crippen LogP) is 10.3. The van der Waals surface area contributed by atoms with Gasteiger partial charge in [0.1, 0.15) is 0 Å². The van der Waals surface area contributed by atoms with Crippen LogP contribution >= 0.6 is 0 Å². The van der Waals surface area contributed by atoms with Crippen LogP contribution in [0.25, 0.3) is 10.8 Å². The van der Waals surface area contributed by atoms with E-state index in [1.165, 1.54) is 20.6 Å². The van der Waals surface area contributed by atoms with E-state index in [0.717, 1.165) is 47.8 Å². The molecule has 0 bridgehead atoms. The van der Waals surface area contributed by atoms with E-state index in [1.807, 2.05) is 54.6 Å². The maximum absolute atomic E-state index is 7.03. The Morgan fingerprint density at radius 1 is 0.571 bits per heavy atom. The quantitative estimate of drug-likeness (QED) is 0.0649. The molecule has 7 rings (SSSR count). The van der Waals surface area contributed by atoms with Gasteiger partial charge in [-0.2, -0.15) is 0 Å². The monoisotopic (exact) mass is 816 g/mol. The van der Waals surface area contributed by atoms with Gasteiger partial charge in [-0.15, -0.1) is 0 Å². The fourth-order valence-electron chi connectivity index (χ4n) is 6.94. The van der Waals surface area contributed by atoms with Crippen molar-refractivity contribution in [3.8, 4) is 0 Å². The van der Waals surface area contributed by atoms with Crippen molar-refractivity contribution in [1.82, 2.24) is 0 Å². The van der Waals surface area contributed by atoms with Crippen molar-refractivity contribution in [2.45, 2.75) is 95.8 Å². The first-order chi connectivity index (χ1) is 27.3. The number of benzene rings is 5. The van der Waals surface area contributed by atoms with Crippen LogP contribution < -0.4 is 4.46 Å². The van der Waals surface area contributed by atoms with E-state index < -0.39 is 18.3 Å². The van der Waals surface area contributed by atoms with E-state index >= 15 is 0 Å². The molecule has 2 aliphatic heterocycles. The van der Waals surface area contributed by atoms with Crippen molar-refractivity contribution in [3.63, 3.8) is 0 Å². The van der Waals surface area contributed by atoms with Crippen molar-refractivity contribution in [2.75, 3.05) is 6.61 Å². The molecule has 0 spiro atoms. The molecule has 1 atom stereocenters. The molecule has 1 unspecified atom stereocenters. The summed E-state index contributed by atoms with van der Waals surface area (Å²) in [5.74, 6) is 1.75. The van der Waals surface area contributed by atoms with Gasteiger partial charge in [-0.05, 0) is 0 Å². The molecule has 290 valence electrons. The van der Waals surface area contributed by atoms with Gasteiger partial charge >= 0.3 is 262 Å². The minimum atomic E-state index is -0.687. The van der Waals surface area contributed by atoms with Crippen LogP contribution in [0.1, 0.15) is 70.1 Å². The second-order valence-corrected chi connectivity index (χ2v) is 17.8. The summed E-state index contributed by atoms with van der Waals surface area (Å²) in [7, 11) is -0.687. The number of hydrogen-bond donors (Lipinski definition) is 0. The molecule has 56 heavy (non-hydrogen) atoms. The predicted molar refractivity (Wildman–Crippen MR) is 226 cm³/mol. The van der Waals surface area contributed by atoms with Gasteiger partial charge in [0.15, 0.2) is 0 Å². The van der Waals surface area contributed by atoms with E-state index in [0.29, 0.717) is 52.1 Å². The van der Waals surface area contributed by atoms with Crippen LogP contribution in [0.2, 0.25) is 5.32 Å². The van der Waals surface area contributed by atoms with Crippen molar-refractivity contribution >= 4 is 37.3 Å². The molecule has 2 aliphatic rings. The Balaban J connectivity index is 1.17. The molecule has 0 N–H and O–H groups in total. The zero-order chi connectivity index (χ0) is 38.8. The standard InChI is InChI=1S/C48H53BO6Se/c1-47(2)48(3,4)55-49(54-47)44-41(29-15-8-18-31-56-43-30-19-27-39-26-16-17-28-40(39)43)53-42(35-50-32-36-20-9-5-10-21-36)45(51-33-37-22-11-6-12-23-37)46(44)52-34-38-24-13-7-14-25-38/h5-7,9-14,16-17,19-28,30,41H,8,15,18,29,31-35H2,1-4H3. The van der Waals surface area contributed by atoms with E-state index in [1.54, 1.807) is 0 Å². The van der Waals surface area contributed by atoms with Crippen molar-refractivity contribution in [2.24, 2.45) is 0 Å². The molecule has 1 saturated heterocycles. The molecule has 0 aromatic heterocycles. The van der Waals surface area contributed by atoms with Gasteiger partial charge in [-0.25, -0.2) is 0 Å². The first kappa shape index (κ1) is 39.9. The van der Waals surface area contributed by atoms with E-state index in [9.17, 15) is 0 Å². The van der Waals surface area contributed by atoms with E-state index in [-0.39, 0.29) is 12.7 Å². The molecule has 0 aliphatic carbocycles. The topological polar surface area (TPSA) is 55.4 Å². The zero-order valence-corrected chi connectivity index (χ0v) is 34.8. The van der Waals surface area contributed by atoms with Crippen LogP contribution in [0.4, 0.5) is 0 Å². The molecule has 0 saturated carbocycles. The average Bonchev–Trinajstić information content (AvgIpc) is 3.44. The van der Waals surface area contributed by atoms with Crippen LogP contribution in [0, 0.1) is 0 Å². The van der Waals surface area contributed by atoms with Crippen LogP contribution in [-0.2, 0) is 48.1 Å². The number of hydrogen-bond acceptors (Lipinski definition) is 6. The molecule has 5 aromatic rings. The van der Waals surface area contributed by atoms with Gasteiger partial charge in [0.25, 0.3) is 0 Å².